The van der Waals surface area contributed by atoms with Crippen LogP contribution in [0.25, 0.3) is 0 Å². The molecule has 100 valence electrons. The van der Waals surface area contributed by atoms with E-state index >= 15 is 0 Å². The molecule has 0 unspecified atom stereocenters. The van der Waals surface area contributed by atoms with Crippen LogP contribution in [0.15, 0.2) is 18.3 Å². The number of nitrogens with two attached hydrogens (primary N) is 1. The molecule has 4 nitrogen and oxygen atoms in total. The third-order valence-corrected chi connectivity index (χ3v) is 3.64. The molecule has 0 radical (unpaired) electrons. The van der Waals surface area contributed by atoms with Crippen LogP contribution >= 0.6 is 0 Å². The van der Waals surface area contributed by atoms with E-state index in [0.29, 0.717) is 12.6 Å². The van der Waals surface area contributed by atoms with Crippen molar-refractivity contribution in [3.05, 3.63) is 29.6 Å². The Morgan fingerprint density at radius 2 is 1.94 bits per heavy atom. The van der Waals surface area contributed by atoms with Crippen LogP contribution in [0.2, 0.25) is 0 Å². The molecule has 1 aromatic rings. The summed E-state index contributed by atoms with van der Waals surface area (Å²) in [6, 6.07) is 4.83. The van der Waals surface area contributed by atoms with E-state index in [-0.39, 0.29) is 0 Å². The molecule has 2 rings (SSSR count). The molecule has 1 fully saturated rings. The van der Waals surface area contributed by atoms with Gasteiger partial charge in [-0.3, -0.25) is 14.8 Å². The monoisotopic (exact) mass is 248 g/mol. The standard InChI is InChI=1S/C14H24N4/c1-12(2)18-7-5-17(6-8-18)11-14-4-3-13(9-15)10-16-14/h3-4,10,12H,5-9,11,15H2,1-2H3. The topological polar surface area (TPSA) is 45.4 Å². The van der Waals surface area contributed by atoms with E-state index in [1.54, 1.807) is 0 Å². The third-order valence-electron chi connectivity index (χ3n) is 3.64. The molecule has 0 bridgehead atoms. The van der Waals surface area contributed by atoms with E-state index in [1.807, 2.05) is 6.20 Å². The van der Waals surface area contributed by atoms with Crippen molar-refractivity contribution in [3.8, 4) is 0 Å². The van der Waals surface area contributed by atoms with Crippen molar-refractivity contribution in [2.45, 2.75) is 33.0 Å². The number of rotatable bonds is 4. The van der Waals surface area contributed by atoms with Crippen LogP contribution in [-0.4, -0.2) is 47.0 Å². The molecule has 1 aliphatic heterocycles. The summed E-state index contributed by atoms with van der Waals surface area (Å²) in [6.07, 6.45) is 1.89. The number of aromatic nitrogens is 1. The summed E-state index contributed by atoms with van der Waals surface area (Å²) in [5.74, 6) is 0. The van der Waals surface area contributed by atoms with Crippen molar-refractivity contribution in [1.82, 2.24) is 14.8 Å². The Balaban J connectivity index is 1.83. The minimum absolute atomic E-state index is 0.570. The molecule has 0 saturated carbocycles. The number of nitrogens with zero attached hydrogens (tertiary/aromatic N) is 3. The first-order valence-corrected chi connectivity index (χ1v) is 6.79. The lowest BCUT2D eigenvalue weighted by atomic mass is 10.2. The Hall–Kier alpha value is -0.970. The highest BCUT2D eigenvalue weighted by Crippen LogP contribution is 2.09. The smallest absolute Gasteiger partial charge is 0.0544 e. The second-order valence-corrected chi connectivity index (χ2v) is 5.27. The number of piperazine rings is 1. The molecule has 0 aromatic carbocycles. The van der Waals surface area contributed by atoms with E-state index in [2.05, 4.69) is 40.8 Å². The predicted molar refractivity (Wildman–Crippen MR) is 74.1 cm³/mol. The zero-order chi connectivity index (χ0) is 13.0. The molecule has 0 spiro atoms. The van der Waals surface area contributed by atoms with E-state index in [9.17, 15) is 0 Å². The Morgan fingerprint density at radius 1 is 1.22 bits per heavy atom. The summed E-state index contributed by atoms with van der Waals surface area (Å²) in [5, 5.41) is 0. The predicted octanol–water partition coefficient (Wildman–Crippen LogP) is 1.07. The molecule has 0 atom stereocenters. The second-order valence-electron chi connectivity index (χ2n) is 5.27. The van der Waals surface area contributed by atoms with Gasteiger partial charge in [-0.2, -0.15) is 0 Å². The van der Waals surface area contributed by atoms with Gasteiger partial charge in [-0.15, -0.1) is 0 Å². The SMILES string of the molecule is CC(C)N1CCN(Cc2ccc(CN)cn2)CC1. The summed E-state index contributed by atoms with van der Waals surface area (Å²) in [6.45, 7) is 10.7. The Labute approximate surface area is 110 Å². The van der Waals surface area contributed by atoms with Crippen molar-refractivity contribution in [2.24, 2.45) is 5.73 Å². The Kier molecular flexibility index (Phi) is 4.69. The number of pyridine rings is 1. The summed E-state index contributed by atoms with van der Waals surface area (Å²) in [7, 11) is 0. The fraction of sp³-hybridized carbons (Fsp3) is 0.643. The minimum Gasteiger partial charge on any atom is -0.326 e. The number of hydrogen-bond donors (Lipinski definition) is 1. The van der Waals surface area contributed by atoms with E-state index in [0.717, 1.165) is 30.9 Å². The second kappa shape index (κ2) is 6.27. The van der Waals surface area contributed by atoms with Gasteiger partial charge in [0, 0.05) is 51.5 Å². The minimum atomic E-state index is 0.570. The quantitative estimate of drug-likeness (QED) is 0.865. The molecule has 4 heteroatoms. The number of hydrogen-bond acceptors (Lipinski definition) is 4. The summed E-state index contributed by atoms with van der Waals surface area (Å²) < 4.78 is 0. The summed E-state index contributed by atoms with van der Waals surface area (Å²) in [4.78, 5) is 9.47. The van der Waals surface area contributed by atoms with E-state index < -0.39 is 0 Å². The zero-order valence-electron chi connectivity index (χ0n) is 11.5. The molecular formula is C14H24N4. The Bertz CT molecular complexity index is 353. The van der Waals surface area contributed by atoms with Crippen molar-refractivity contribution in [3.63, 3.8) is 0 Å². The normalized spacial score (nSPS) is 18.4. The molecule has 0 amide bonds. The lowest BCUT2D eigenvalue weighted by Crippen LogP contribution is -2.48. The Morgan fingerprint density at radius 3 is 2.44 bits per heavy atom. The fourth-order valence-corrected chi connectivity index (χ4v) is 2.34. The highest BCUT2D eigenvalue weighted by molar-refractivity contribution is 5.13. The maximum absolute atomic E-state index is 5.57. The van der Waals surface area contributed by atoms with Gasteiger partial charge >= 0.3 is 0 Å². The van der Waals surface area contributed by atoms with Gasteiger partial charge in [-0.25, -0.2) is 0 Å². The maximum Gasteiger partial charge on any atom is 0.0544 e. The maximum atomic E-state index is 5.57. The molecule has 18 heavy (non-hydrogen) atoms. The highest BCUT2D eigenvalue weighted by atomic mass is 15.3. The van der Waals surface area contributed by atoms with Crippen LogP contribution in [0.5, 0.6) is 0 Å². The first-order chi connectivity index (χ1) is 8.69. The van der Waals surface area contributed by atoms with Crippen LogP contribution in [0.1, 0.15) is 25.1 Å². The first kappa shape index (κ1) is 13.5. The van der Waals surface area contributed by atoms with Gasteiger partial charge in [0.2, 0.25) is 0 Å². The van der Waals surface area contributed by atoms with Gasteiger partial charge in [0.25, 0.3) is 0 Å². The van der Waals surface area contributed by atoms with Crippen LogP contribution in [-0.2, 0) is 13.1 Å². The van der Waals surface area contributed by atoms with Crippen LogP contribution < -0.4 is 5.73 Å². The average Bonchev–Trinajstić information content (AvgIpc) is 2.40. The van der Waals surface area contributed by atoms with Crippen molar-refractivity contribution in [2.75, 3.05) is 26.2 Å². The van der Waals surface area contributed by atoms with Gasteiger partial charge in [0.15, 0.2) is 0 Å². The van der Waals surface area contributed by atoms with Crippen molar-refractivity contribution < 1.29 is 0 Å². The van der Waals surface area contributed by atoms with Crippen molar-refractivity contribution >= 4 is 0 Å². The van der Waals surface area contributed by atoms with Gasteiger partial charge in [0.05, 0.1) is 5.69 Å². The molecule has 2 N–H and O–H groups in total. The largest absolute Gasteiger partial charge is 0.326 e. The summed E-state index contributed by atoms with van der Waals surface area (Å²) in [5.41, 5.74) is 7.82. The average molecular weight is 248 g/mol. The molecular weight excluding hydrogens is 224 g/mol. The summed E-state index contributed by atoms with van der Waals surface area (Å²) >= 11 is 0. The lowest BCUT2D eigenvalue weighted by molar-refractivity contribution is 0.103. The lowest BCUT2D eigenvalue weighted by Gasteiger charge is -2.36. The van der Waals surface area contributed by atoms with Crippen LogP contribution in [0.4, 0.5) is 0 Å². The zero-order valence-corrected chi connectivity index (χ0v) is 11.5. The van der Waals surface area contributed by atoms with Crippen LogP contribution in [0.3, 0.4) is 0 Å². The highest BCUT2D eigenvalue weighted by Gasteiger charge is 2.18. The van der Waals surface area contributed by atoms with Crippen LogP contribution in [0, 0.1) is 0 Å². The molecule has 1 saturated heterocycles. The van der Waals surface area contributed by atoms with Gasteiger partial charge in [-0.05, 0) is 25.5 Å². The fourth-order valence-electron chi connectivity index (χ4n) is 2.34. The molecule has 1 aromatic heterocycles. The van der Waals surface area contributed by atoms with E-state index in [1.165, 1.54) is 13.1 Å². The van der Waals surface area contributed by atoms with Gasteiger partial charge in [0.1, 0.15) is 0 Å². The molecule has 1 aliphatic rings. The molecule has 2 heterocycles. The first-order valence-electron chi connectivity index (χ1n) is 6.79. The third kappa shape index (κ3) is 3.51. The van der Waals surface area contributed by atoms with Crippen molar-refractivity contribution in [1.29, 1.82) is 0 Å². The van der Waals surface area contributed by atoms with Gasteiger partial charge in [-0.1, -0.05) is 6.07 Å². The van der Waals surface area contributed by atoms with Gasteiger partial charge < -0.3 is 5.73 Å². The molecule has 0 aliphatic carbocycles. The van der Waals surface area contributed by atoms with E-state index in [4.69, 9.17) is 5.73 Å².